The van der Waals surface area contributed by atoms with E-state index in [1.54, 1.807) is 5.06 Å². The van der Waals surface area contributed by atoms with Crippen LogP contribution in [0.25, 0.3) is 0 Å². The summed E-state index contributed by atoms with van der Waals surface area (Å²) in [5.74, 6) is 0.972. The van der Waals surface area contributed by atoms with Gasteiger partial charge < -0.3 is 9.74 Å². The molecule has 11 heavy (non-hydrogen) atoms. The first kappa shape index (κ1) is 8.14. The summed E-state index contributed by atoms with van der Waals surface area (Å²) < 4.78 is 0. The molecule has 3 nitrogen and oxygen atoms in total. The van der Waals surface area contributed by atoms with E-state index >= 15 is 0 Å². The van der Waals surface area contributed by atoms with Crippen LogP contribution < -0.4 is 0 Å². The van der Waals surface area contributed by atoms with Gasteiger partial charge in [0.1, 0.15) is 5.76 Å². The van der Waals surface area contributed by atoms with Crippen LogP contribution >= 0.6 is 0 Å². The van der Waals surface area contributed by atoms with Crippen LogP contribution in [-0.2, 0) is 4.84 Å². The lowest BCUT2D eigenvalue weighted by atomic mass is 10.3. The molecule has 1 heterocycles. The van der Waals surface area contributed by atoms with Gasteiger partial charge in [0, 0.05) is 33.8 Å². The van der Waals surface area contributed by atoms with Gasteiger partial charge in [0.15, 0.2) is 0 Å². The van der Waals surface area contributed by atoms with Crippen LogP contribution in [0, 0.1) is 0 Å². The molecule has 0 saturated heterocycles. The molecule has 0 saturated carbocycles. The zero-order valence-corrected chi connectivity index (χ0v) is 7.24. The van der Waals surface area contributed by atoms with Gasteiger partial charge in [-0.25, -0.2) is 0 Å². The van der Waals surface area contributed by atoms with E-state index in [1.807, 2.05) is 38.4 Å². The van der Waals surface area contributed by atoms with Gasteiger partial charge in [-0.1, -0.05) is 6.08 Å². The van der Waals surface area contributed by atoms with Crippen molar-refractivity contribution in [1.82, 2.24) is 9.96 Å². The zero-order chi connectivity index (χ0) is 8.27. The molecule has 1 rings (SSSR count). The van der Waals surface area contributed by atoms with E-state index in [0.29, 0.717) is 0 Å². The maximum absolute atomic E-state index is 5.36. The Balaban J connectivity index is 2.46. The molecule has 1 aliphatic heterocycles. The van der Waals surface area contributed by atoms with Crippen LogP contribution in [0.1, 0.15) is 6.42 Å². The highest BCUT2D eigenvalue weighted by Crippen LogP contribution is 2.11. The summed E-state index contributed by atoms with van der Waals surface area (Å²) in [6.45, 7) is 0. The first-order valence-electron chi connectivity index (χ1n) is 3.63. The van der Waals surface area contributed by atoms with E-state index in [4.69, 9.17) is 4.84 Å². The van der Waals surface area contributed by atoms with Crippen LogP contribution in [0.15, 0.2) is 24.2 Å². The second-order valence-corrected chi connectivity index (χ2v) is 2.75. The number of hydrogen-bond acceptors (Lipinski definition) is 3. The Hall–Kier alpha value is -0.960. The average molecular weight is 154 g/mol. The number of rotatable bonds is 2. The third-order valence-electron chi connectivity index (χ3n) is 1.31. The third-order valence-corrected chi connectivity index (χ3v) is 1.31. The number of allylic oxidation sites excluding steroid dienone is 1. The lowest BCUT2D eigenvalue weighted by molar-refractivity contribution is -0.0772. The molecule has 0 atom stereocenters. The van der Waals surface area contributed by atoms with Crippen LogP contribution in [0.3, 0.4) is 0 Å². The predicted octanol–water partition coefficient (Wildman–Crippen LogP) is 1.17. The standard InChI is InChI=1S/C8H14N2O/c1-9(2)11-8-5-4-6-10(3)7-8/h4,6-7H,5H2,1-3H3. The van der Waals surface area contributed by atoms with Gasteiger partial charge in [0.25, 0.3) is 0 Å². The Morgan fingerprint density at radius 2 is 2.27 bits per heavy atom. The lowest BCUT2D eigenvalue weighted by Crippen LogP contribution is -2.15. The Labute approximate surface area is 67.5 Å². The van der Waals surface area contributed by atoms with Gasteiger partial charge in [0.2, 0.25) is 0 Å². The fourth-order valence-corrected chi connectivity index (χ4v) is 0.953. The summed E-state index contributed by atoms with van der Waals surface area (Å²) in [6.07, 6.45) is 6.93. The maximum Gasteiger partial charge on any atom is 0.144 e. The highest BCUT2D eigenvalue weighted by Gasteiger charge is 2.03. The van der Waals surface area contributed by atoms with Crippen molar-refractivity contribution >= 4 is 0 Å². The molecule has 0 spiro atoms. The normalized spacial score (nSPS) is 17.1. The van der Waals surface area contributed by atoms with Crippen molar-refractivity contribution in [2.24, 2.45) is 0 Å². The topological polar surface area (TPSA) is 15.7 Å². The van der Waals surface area contributed by atoms with Crippen molar-refractivity contribution in [2.45, 2.75) is 6.42 Å². The molecule has 0 aliphatic carbocycles. The first-order valence-corrected chi connectivity index (χ1v) is 3.63. The van der Waals surface area contributed by atoms with E-state index in [2.05, 4.69) is 6.08 Å². The largest absolute Gasteiger partial charge is 0.409 e. The van der Waals surface area contributed by atoms with Crippen molar-refractivity contribution in [3.63, 3.8) is 0 Å². The molecule has 0 amide bonds. The second kappa shape index (κ2) is 3.44. The summed E-state index contributed by atoms with van der Waals surface area (Å²) >= 11 is 0. The lowest BCUT2D eigenvalue weighted by Gasteiger charge is -2.19. The van der Waals surface area contributed by atoms with Gasteiger partial charge in [-0.3, -0.25) is 0 Å². The molecule has 0 fully saturated rings. The van der Waals surface area contributed by atoms with Gasteiger partial charge in [-0.2, -0.15) is 5.06 Å². The van der Waals surface area contributed by atoms with E-state index in [0.717, 1.165) is 12.2 Å². The predicted molar refractivity (Wildman–Crippen MR) is 44.4 cm³/mol. The molecule has 3 heteroatoms. The monoisotopic (exact) mass is 154 g/mol. The van der Waals surface area contributed by atoms with Gasteiger partial charge in [-0.05, 0) is 6.20 Å². The van der Waals surface area contributed by atoms with E-state index in [9.17, 15) is 0 Å². The van der Waals surface area contributed by atoms with Crippen molar-refractivity contribution in [3.05, 3.63) is 24.2 Å². The summed E-state index contributed by atoms with van der Waals surface area (Å²) in [5.41, 5.74) is 0. The van der Waals surface area contributed by atoms with Crippen LogP contribution in [0.5, 0.6) is 0 Å². The van der Waals surface area contributed by atoms with Crippen LogP contribution in [-0.4, -0.2) is 31.1 Å². The van der Waals surface area contributed by atoms with E-state index in [1.165, 1.54) is 0 Å². The molecule has 0 bridgehead atoms. The fraction of sp³-hybridized carbons (Fsp3) is 0.500. The minimum absolute atomic E-state index is 0.878. The smallest absolute Gasteiger partial charge is 0.144 e. The Morgan fingerprint density at radius 3 is 2.82 bits per heavy atom. The highest BCUT2D eigenvalue weighted by molar-refractivity contribution is 5.06. The summed E-state index contributed by atoms with van der Waals surface area (Å²) in [5, 5.41) is 1.69. The van der Waals surface area contributed by atoms with Crippen molar-refractivity contribution in [1.29, 1.82) is 0 Å². The highest BCUT2D eigenvalue weighted by atomic mass is 16.7. The Morgan fingerprint density at radius 1 is 1.55 bits per heavy atom. The number of nitrogens with zero attached hydrogens (tertiary/aromatic N) is 2. The average Bonchev–Trinajstić information content (AvgIpc) is 1.85. The zero-order valence-electron chi connectivity index (χ0n) is 7.24. The molecule has 0 aromatic carbocycles. The molecular formula is C8H14N2O. The van der Waals surface area contributed by atoms with Crippen LogP contribution in [0.4, 0.5) is 0 Å². The molecular weight excluding hydrogens is 140 g/mol. The summed E-state index contributed by atoms with van der Waals surface area (Å²) in [4.78, 5) is 7.34. The van der Waals surface area contributed by atoms with E-state index < -0.39 is 0 Å². The first-order chi connectivity index (χ1) is 5.18. The fourth-order valence-electron chi connectivity index (χ4n) is 0.953. The van der Waals surface area contributed by atoms with Gasteiger partial charge in [0.05, 0.1) is 0 Å². The van der Waals surface area contributed by atoms with Gasteiger partial charge in [-0.15, -0.1) is 0 Å². The molecule has 1 aliphatic rings. The van der Waals surface area contributed by atoms with E-state index in [-0.39, 0.29) is 0 Å². The minimum atomic E-state index is 0.878. The minimum Gasteiger partial charge on any atom is -0.409 e. The third kappa shape index (κ3) is 2.63. The molecule has 0 aromatic heterocycles. The van der Waals surface area contributed by atoms with Crippen molar-refractivity contribution < 1.29 is 4.84 Å². The molecule has 0 radical (unpaired) electrons. The quantitative estimate of drug-likeness (QED) is 0.555. The molecule has 0 N–H and O–H groups in total. The second-order valence-electron chi connectivity index (χ2n) is 2.75. The van der Waals surface area contributed by atoms with Crippen molar-refractivity contribution in [3.8, 4) is 0 Å². The Kier molecular flexibility index (Phi) is 2.54. The number of hydroxylamine groups is 2. The summed E-state index contributed by atoms with van der Waals surface area (Å²) in [6, 6.07) is 0. The Bertz CT molecular complexity index is 185. The summed E-state index contributed by atoms with van der Waals surface area (Å²) in [7, 11) is 5.73. The van der Waals surface area contributed by atoms with Crippen LogP contribution in [0.2, 0.25) is 0 Å². The SMILES string of the molecule is CN1C=CCC(ON(C)C)=C1. The molecule has 0 aromatic rings. The molecule has 0 unspecified atom stereocenters. The van der Waals surface area contributed by atoms with Crippen molar-refractivity contribution in [2.75, 3.05) is 21.1 Å². The maximum atomic E-state index is 5.36. The number of hydrogen-bond donors (Lipinski definition) is 0. The molecule has 62 valence electrons. The van der Waals surface area contributed by atoms with Gasteiger partial charge >= 0.3 is 0 Å².